The van der Waals surface area contributed by atoms with Gasteiger partial charge in [0.25, 0.3) is 0 Å². The van der Waals surface area contributed by atoms with Crippen molar-refractivity contribution < 1.29 is 0 Å². The smallest absolute Gasteiger partial charge is 0.313 e. The van der Waals surface area contributed by atoms with Gasteiger partial charge >= 0.3 is 11.1 Å². The van der Waals surface area contributed by atoms with Gasteiger partial charge in [-0.1, -0.05) is 0 Å². The Balaban J connectivity index is 2.18. The van der Waals surface area contributed by atoms with Crippen LogP contribution in [0.5, 0.6) is 0 Å². The lowest BCUT2D eigenvalue weighted by atomic mass is 10.2. The normalized spacial score (nSPS) is 11.8. The van der Waals surface area contributed by atoms with Gasteiger partial charge in [-0.15, -0.1) is 11.8 Å². The van der Waals surface area contributed by atoms with Crippen LogP contribution in [0, 0.1) is 11.3 Å². The fourth-order valence-electron chi connectivity index (χ4n) is 1.53. The van der Waals surface area contributed by atoms with E-state index in [2.05, 4.69) is 16.0 Å². The summed E-state index contributed by atoms with van der Waals surface area (Å²) in [6.45, 7) is 1.92. The lowest BCUT2D eigenvalue weighted by Crippen LogP contribution is -2.30. The highest BCUT2D eigenvalue weighted by atomic mass is 32.2. The Morgan fingerprint density at radius 3 is 2.47 bits per heavy atom. The van der Waals surface area contributed by atoms with Crippen LogP contribution < -0.4 is 11.1 Å². The fraction of sp³-hybridized carbons (Fsp3) is 0.154. The molecule has 1 aromatic carbocycles. The largest absolute Gasteiger partial charge is 0.323 e. The Labute approximate surface area is 113 Å². The number of aromatic nitrogens is 2. The third-order valence-corrected chi connectivity index (χ3v) is 3.71. The number of nitrogens with zero attached hydrogens (tertiary/aromatic N) is 1. The summed E-state index contributed by atoms with van der Waals surface area (Å²) in [4.78, 5) is 28.1. The third-order valence-electron chi connectivity index (χ3n) is 2.56. The number of hydrogen-bond donors (Lipinski definition) is 2. The first-order valence-corrected chi connectivity index (χ1v) is 6.47. The van der Waals surface area contributed by atoms with Crippen molar-refractivity contribution in [3.8, 4) is 6.07 Å². The second kappa shape index (κ2) is 5.59. The zero-order chi connectivity index (χ0) is 13.8. The molecular formula is C13H11N3O2S. The van der Waals surface area contributed by atoms with Crippen molar-refractivity contribution in [2.45, 2.75) is 17.1 Å². The topological polar surface area (TPSA) is 89.5 Å². The SMILES string of the molecule is CC(Sc1ccc(C#N)cc1)c1c[nH]c(=O)c(=O)[nH]1. The maximum absolute atomic E-state index is 11.2. The summed E-state index contributed by atoms with van der Waals surface area (Å²) in [6, 6.07) is 9.24. The number of nitrogens with one attached hydrogen (secondary N) is 2. The van der Waals surface area contributed by atoms with Crippen molar-refractivity contribution in [1.82, 2.24) is 9.97 Å². The van der Waals surface area contributed by atoms with Gasteiger partial charge in [0.05, 0.1) is 11.6 Å². The number of benzene rings is 1. The van der Waals surface area contributed by atoms with E-state index in [1.54, 1.807) is 12.1 Å². The number of thioether (sulfide) groups is 1. The predicted molar refractivity (Wildman–Crippen MR) is 73.1 cm³/mol. The van der Waals surface area contributed by atoms with Gasteiger partial charge in [-0.2, -0.15) is 5.26 Å². The fourth-order valence-corrected chi connectivity index (χ4v) is 2.48. The number of nitriles is 1. The predicted octanol–water partition coefficient (Wildman–Crippen LogP) is 1.79. The Morgan fingerprint density at radius 1 is 1.21 bits per heavy atom. The van der Waals surface area contributed by atoms with E-state index in [4.69, 9.17) is 5.26 Å². The van der Waals surface area contributed by atoms with Crippen molar-refractivity contribution in [2.24, 2.45) is 0 Å². The zero-order valence-corrected chi connectivity index (χ0v) is 11.0. The van der Waals surface area contributed by atoms with E-state index in [0.29, 0.717) is 11.3 Å². The molecule has 0 aliphatic carbocycles. The van der Waals surface area contributed by atoms with Gasteiger partial charge in [-0.25, -0.2) is 0 Å². The van der Waals surface area contributed by atoms with Gasteiger partial charge in [-0.3, -0.25) is 9.59 Å². The minimum absolute atomic E-state index is 0.0162. The Kier molecular flexibility index (Phi) is 3.88. The molecule has 0 aliphatic heterocycles. The molecule has 1 atom stereocenters. The number of rotatable bonds is 3. The molecule has 1 aromatic heterocycles. The van der Waals surface area contributed by atoms with E-state index in [-0.39, 0.29) is 5.25 Å². The first-order chi connectivity index (χ1) is 9.10. The molecule has 0 fully saturated rings. The summed E-state index contributed by atoms with van der Waals surface area (Å²) in [5.41, 5.74) is -0.0440. The maximum atomic E-state index is 11.2. The monoisotopic (exact) mass is 273 g/mol. The molecule has 0 bridgehead atoms. The quantitative estimate of drug-likeness (QED) is 0.659. The molecule has 1 unspecified atom stereocenters. The van der Waals surface area contributed by atoms with Crippen molar-refractivity contribution >= 4 is 11.8 Å². The number of hydrogen-bond acceptors (Lipinski definition) is 4. The Bertz CT molecular complexity index is 725. The van der Waals surface area contributed by atoms with Crippen LogP contribution in [-0.4, -0.2) is 9.97 Å². The molecule has 2 aromatic rings. The van der Waals surface area contributed by atoms with Crippen LogP contribution in [-0.2, 0) is 0 Å². The van der Waals surface area contributed by atoms with E-state index in [1.807, 2.05) is 19.1 Å². The van der Waals surface area contributed by atoms with Crippen molar-refractivity contribution in [3.05, 3.63) is 62.4 Å². The van der Waals surface area contributed by atoms with Gasteiger partial charge in [0.2, 0.25) is 0 Å². The lowest BCUT2D eigenvalue weighted by Gasteiger charge is -2.10. The van der Waals surface area contributed by atoms with E-state index in [0.717, 1.165) is 4.90 Å². The van der Waals surface area contributed by atoms with E-state index in [9.17, 15) is 9.59 Å². The van der Waals surface area contributed by atoms with Gasteiger partial charge in [0.15, 0.2) is 0 Å². The van der Waals surface area contributed by atoms with Crippen molar-refractivity contribution in [3.63, 3.8) is 0 Å². The molecular weight excluding hydrogens is 262 g/mol. The molecule has 0 amide bonds. The molecule has 5 nitrogen and oxygen atoms in total. The van der Waals surface area contributed by atoms with Gasteiger partial charge in [0.1, 0.15) is 0 Å². The molecule has 2 rings (SSSR count). The molecule has 6 heteroatoms. The first kappa shape index (κ1) is 13.2. The molecule has 0 saturated carbocycles. The minimum atomic E-state index is -0.653. The molecule has 0 spiro atoms. The standard InChI is InChI=1S/C13H11N3O2S/c1-8(11-7-15-12(17)13(18)16-11)19-10-4-2-9(6-14)3-5-10/h2-5,7-8H,1H3,(H,15,17)(H,16,18). The van der Waals surface area contributed by atoms with Crippen molar-refractivity contribution in [2.75, 3.05) is 0 Å². The highest BCUT2D eigenvalue weighted by Gasteiger charge is 2.09. The average Bonchev–Trinajstić information content (AvgIpc) is 2.42. The van der Waals surface area contributed by atoms with Gasteiger partial charge < -0.3 is 9.97 Å². The maximum Gasteiger partial charge on any atom is 0.313 e. The third kappa shape index (κ3) is 3.14. The number of H-pyrrole nitrogens is 2. The summed E-state index contributed by atoms with van der Waals surface area (Å²) < 4.78 is 0. The van der Waals surface area contributed by atoms with Crippen LogP contribution in [0.2, 0.25) is 0 Å². The summed E-state index contributed by atoms with van der Waals surface area (Å²) >= 11 is 1.53. The molecule has 96 valence electrons. The number of aromatic amines is 2. The van der Waals surface area contributed by atoms with Crippen molar-refractivity contribution in [1.29, 1.82) is 5.26 Å². The van der Waals surface area contributed by atoms with E-state index in [1.165, 1.54) is 18.0 Å². The minimum Gasteiger partial charge on any atom is -0.323 e. The lowest BCUT2D eigenvalue weighted by molar-refractivity contribution is 0.933. The van der Waals surface area contributed by atoms with Crippen LogP contribution in [0.15, 0.2) is 44.9 Å². The van der Waals surface area contributed by atoms with Gasteiger partial charge in [-0.05, 0) is 31.2 Å². The average molecular weight is 273 g/mol. The second-order valence-corrected chi connectivity index (χ2v) is 5.34. The Hall–Kier alpha value is -2.26. The molecule has 2 N–H and O–H groups in total. The van der Waals surface area contributed by atoms with E-state index >= 15 is 0 Å². The molecule has 0 saturated heterocycles. The molecule has 0 aliphatic rings. The summed E-state index contributed by atoms with van der Waals surface area (Å²) in [7, 11) is 0. The van der Waals surface area contributed by atoms with Gasteiger partial charge in [0, 0.05) is 22.0 Å². The van der Waals surface area contributed by atoms with E-state index < -0.39 is 11.1 Å². The summed E-state index contributed by atoms with van der Waals surface area (Å²) in [5.74, 6) is 0. The summed E-state index contributed by atoms with van der Waals surface area (Å²) in [6.07, 6.45) is 1.51. The molecule has 0 radical (unpaired) electrons. The highest BCUT2D eigenvalue weighted by molar-refractivity contribution is 7.99. The van der Waals surface area contributed by atoms with Crippen LogP contribution >= 0.6 is 11.8 Å². The second-order valence-electron chi connectivity index (χ2n) is 3.92. The highest BCUT2D eigenvalue weighted by Crippen LogP contribution is 2.32. The van der Waals surface area contributed by atoms with Crippen LogP contribution in [0.4, 0.5) is 0 Å². The van der Waals surface area contributed by atoms with Crippen LogP contribution in [0.3, 0.4) is 0 Å². The Morgan fingerprint density at radius 2 is 1.89 bits per heavy atom. The van der Waals surface area contributed by atoms with Crippen LogP contribution in [0.1, 0.15) is 23.4 Å². The molecule has 1 heterocycles. The van der Waals surface area contributed by atoms with Crippen LogP contribution in [0.25, 0.3) is 0 Å². The molecule has 19 heavy (non-hydrogen) atoms. The zero-order valence-electron chi connectivity index (χ0n) is 10.1. The summed E-state index contributed by atoms with van der Waals surface area (Å²) in [5, 5.41) is 8.70. The first-order valence-electron chi connectivity index (χ1n) is 5.59.